The van der Waals surface area contributed by atoms with Gasteiger partial charge < -0.3 is 15.2 Å². The molecule has 2 heterocycles. The fourth-order valence-electron chi connectivity index (χ4n) is 3.96. The molecule has 132 valence electrons. The van der Waals surface area contributed by atoms with E-state index < -0.39 is 0 Å². The van der Waals surface area contributed by atoms with Crippen LogP contribution in [0.15, 0.2) is 48.7 Å². The van der Waals surface area contributed by atoms with Crippen LogP contribution in [0.1, 0.15) is 30.0 Å². The number of benzene rings is 2. The van der Waals surface area contributed by atoms with Gasteiger partial charge in [0, 0.05) is 6.42 Å². The van der Waals surface area contributed by atoms with Gasteiger partial charge in [-0.15, -0.1) is 0 Å². The smallest absolute Gasteiger partial charge is 0.145 e. The zero-order chi connectivity index (χ0) is 17.5. The van der Waals surface area contributed by atoms with E-state index in [0.717, 1.165) is 48.5 Å². The molecule has 0 radical (unpaired) electrons. The first kappa shape index (κ1) is 15.6. The van der Waals surface area contributed by atoms with Gasteiger partial charge in [0.2, 0.25) is 0 Å². The van der Waals surface area contributed by atoms with Crippen molar-refractivity contribution < 1.29 is 9.84 Å². The van der Waals surface area contributed by atoms with Gasteiger partial charge in [0.15, 0.2) is 0 Å². The molecule has 1 aliphatic heterocycles. The molecule has 1 aromatic heterocycles. The number of nitrogens with one attached hydrogen (secondary N) is 1. The zero-order valence-electron chi connectivity index (χ0n) is 14.4. The quantitative estimate of drug-likeness (QED) is 0.756. The normalized spacial score (nSPS) is 22.3. The first-order chi connectivity index (χ1) is 12.8. The molecule has 0 spiro atoms. The average Bonchev–Trinajstić information content (AvgIpc) is 3.11. The number of para-hydroxylation sites is 2. The summed E-state index contributed by atoms with van der Waals surface area (Å²) < 4.78 is 5.63. The van der Waals surface area contributed by atoms with Crippen LogP contribution in [-0.4, -0.2) is 27.8 Å². The summed E-state index contributed by atoms with van der Waals surface area (Å²) in [6.07, 6.45) is 4.18. The van der Waals surface area contributed by atoms with Gasteiger partial charge in [-0.05, 0) is 54.2 Å². The van der Waals surface area contributed by atoms with E-state index >= 15 is 0 Å². The number of fused-ring (bicyclic) bond motifs is 2. The topological polar surface area (TPSA) is 67.3 Å². The lowest BCUT2D eigenvalue weighted by Crippen LogP contribution is -2.36. The van der Waals surface area contributed by atoms with E-state index in [2.05, 4.69) is 28.5 Å². The molecule has 0 unspecified atom stereocenters. The summed E-state index contributed by atoms with van der Waals surface area (Å²) in [5.74, 6) is 2.15. The molecular weight excluding hydrogens is 326 g/mol. The lowest BCUT2D eigenvalue weighted by Gasteiger charge is -2.38. The molecule has 5 rings (SSSR count). The summed E-state index contributed by atoms with van der Waals surface area (Å²) in [5.41, 5.74) is 4.26. The molecule has 5 heteroatoms. The highest BCUT2D eigenvalue weighted by molar-refractivity contribution is 5.75. The Kier molecular flexibility index (Phi) is 3.75. The van der Waals surface area contributed by atoms with Crippen LogP contribution in [0.25, 0.3) is 11.0 Å². The SMILES string of the molecule is OC1CC([C@@H](Nc2cnc3ccccc3n2)c2ccc3c(c2)CCO3)C1. The van der Waals surface area contributed by atoms with E-state index in [1.54, 1.807) is 6.20 Å². The fourth-order valence-corrected chi connectivity index (χ4v) is 3.96. The predicted octanol–water partition coefficient (Wildman–Crippen LogP) is 3.49. The number of rotatable bonds is 4. The zero-order valence-corrected chi connectivity index (χ0v) is 14.4. The molecule has 5 nitrogen and oxygen atoms in total. The van der Waals surface area contributed by atoms with Crippen molar-refractivity contribution in [3.63, 3.8) is 0 Å². The lowest BCUT2D eigenvalue weighted by atomic mass is 9.75. The minimum atomic E-state index is -0.190. The Bertz CT molecular complexity index is 953. The second kappa shape index (κ2) is 6.25. The van der Waals surface area contributed by atoms with Crippen LogP contribution in [0, 0.1) is 5.92 Å². The summed E-state index contributed by atoms with van der Waals surface area (Å²) in [5, 5.41) is 13.4. The number of ether oxygens (including phenoxy) is 1. The fraction of sp³-hybridized carbons (Fsp3) is 0.333. The van der Waals surface area contributed by atoms with Crippen molar-refractivity contribution >= 4 is 16.9 Å². The third-order valence-electron chi connectivity index (χ3n) is 5.45. The Morgan fingerprint density at radius 1 is 1.12 bits per heavy atom. The third kappa shape index (κ3) is 2.78. The van der Waals surface area contributed by atoms with Crippen molar-refractivity contribution in [1.82, 2.24) is 9.97 Å². The first-order valence-corrected chi connectivity index (χ1v) is 9.18. The van der Waals surface area contributed by atoms with Gasteiger partial charge in [0.25, 0.3) is 0 Å². The van der Waals surface area contributed by atoms with E-state index in [4.69, 9.17) is 9.72 Å². The van der Waals surface area contributed by atoms with Crippen LogP contribution in [0.3, 0.4) is 0 Å². The van der Waals surface area contributed by atoms with Crippen molar-refractivity contribution in [2.24, 2.45) is 5.92 Å². The summed E-state index contributed by atoms with van der Waals surface area (Å²) in [6.45, 7) is 0.759. The summed E-state index contributed by atoms with van der Waals surface area (Å²) in [6, 6.07) is 14.4. The summed E-state index contributed by atoms with van der Waals surface area (Å²) >= 11 is 0. The number of aliphatic hydroxyl groups is 1. The molecule has 1 aliphatic carbocycles. The van der Waals surface area contributed by atoms with Gasteiger partial charge in [-0.2, -0.15) is 0 Å². The molecule has 0 amide bonds. The van der Waals surface area contributed by atoms with Crippen molar-refractivity contribution in [3.8, 4) is 5.75 Å². The monoisotopic (exact) mass is 347 g/mol. The van der Waals surface area contributed by atoms with Gasteiger partial charge in [-0.25, -0.2) is 4.98 Å². The van der Waals surface area contributed by atoms with Crippen molar-refractivity contribution in [3.05, 3.63) is 59.8 Å². The Balaban J connectivity index is 1.47. The van der Waals surface area contributed by atoms with Crippen LogP contribution < -0.4 is 10.1 Å². The maximum Gasteiger partial charge on any atom is 0.145 e. The molecule has 2 aromatic carbocycles. The first-order valence-electron chi connectivity index (χ1n) is 9.18. The van der Waals surface area contributed by atoms with E-state index in [9.17, 15) is 5.11 Å². The maximum absolute atomic E-state index is 9.80. The second-order valence-corrected chi connectivity index (χ2v) is 7.22. The summed E-state index contributed by atoms with van der Waals surface area (Å²) in [4.78, 5) is 9.22. The number of hydrogen-bond acceptors (Lipinski definition) is 5. The van der Waals surface area contributed by atoms with Crippen LogP contribution in [0.5, 0.6) is 5.75 Å². The van der Waals surface area contributed by atoms with Crippen molar-refractivity contribution in [2.45, 2.75) is 31.4 Å². The number of hydrogen-bond donors (Lipinski definition) is 2. The Morgan fingerprint density at radius 3 is 2.81 bits per heavy atom. The number of nitrogens with zero attached hydrogens (tertiary/aromatic N) is 2. The van der Waals surface area contributed by atoms with E-state index in [-0.39, 0.29) is 12.1 Å². The van der Waals surface area contributed by atoms with Crippen LogP contribution in [0.4, 0.5) is 5.82 Å². The highest BCUT2D eigenvalue weighted by Gasteiger charge is 2.35. The number of anilines is 1. The largest absolute Gasteiger partial charge is 0.493 e. The van der Waals surface area contributed by atoms with Gasteiger partial charge in [0.1, 0.15) is 11.6 Å². The molecular formula is C21H21N3O2. The van der Waals surface area contributed by atoms with Gasteiger partial charge >= 0.3 is 0 Å². The van der Waals surface area contributed by atoms with Crippen LogP contribution in [-0.2, 0) is 6.42 Å². The van der Waals surface area contributed by atoms with E-state index in [0.29, 0.717) is 5.92 Å². The second-order valence-electron chi connectivity index (χ2n) is 7.22. The standard InChI is InChI=1S/C21H21N3O2/c25-16-10-15(11-16)21(14-5-6-19-13(9-14)7-8-26-19)24-20-12-22-17-3-1-2-4-18(17)23-20/h1-6,9,12,15-16,21,25H,7-8,10-11H2,(H,23,24)/t15?,16?,21-/m0/s1. The third-order valence-corrected chi connectivity index (χ3v) is 5.45. The van der Waals surface area contributed by atoms with Gasteiger partial charge in [0.05, 0.1) is 36.0 Å². The molecule has 2 N–H and O–H groups in total. The molecule has 0 bridgehead atoms. The molecule has 0 saturated heterocycles. The number of aromatic nitrogens is 2. The summed E-state index contributed by atoms with van der Waals surface area (Å²) in [7, 11) is 0. The highest BCUT2D eigenvalue weighted by Crippen LogP contribution is 2.41. The van der Waals surface area contributed by atoms with E-state index in [1.165, 1.54) is 11.1 Å². The van der Waals surface area contributed by atoms with Crippen molar-refractivity contribution in [2.75, 3.05) is 11.9 Å². The molecule has 26 heavy (non-hydrogen) atoms. The van der Waals surface area contributed by atoms with Gasteiger partial charge in [-0.1, -0.05) is 18.2 Å². The molecule has 1 saturated carbocycles. The van der Waals surface area contributed by atoms with E-state index in [1.807, 2.05) is 24.3 Å². The predicted molar refractivity (Wildman–Crippen MR) is 100 cm³/mol. The molecule has 1 fully saturated rings. The van der Waals surface area contributed by atoms with Gasteiger partial charge in [-0.3, -0.25) is 4.98 Å². The van der Waals surface area contributed by atoms with Crippen molar-refractivity contribution in [1.29, 1.82) is 0 Å². The Morgan fingerprint density at radius 2 is 1.96 bits per heavy atom. The Labute approximate surface area is 152 Å². The van der Waals surface area contributed by atoms with Crippen LogP contribution >= 0.6 is 0 Å². The molecule has 3 aromatic rings. The van der Waals surface area contributed by atoms with Crippen LogP contribution in [0.2, 0.25) is 0 Å². The average molecular weight is 347 g/mol. The minimum Gasteiger partial charge on any atom is -0.493 e. The minimum absolute atomic E-state index is 0.111. The highest BCUT2D eigenvalue weighted by atomic mass is 16.5. The molecule has 2 aliphatic rings. The molecule has 1 atom stereocenters. The lowest BCUT2D eigenvalue weighted by molar-refractivity contribution is 0.0339. The maximum atomic E-state index is 9.80. The Hall–Kier alpha value is -2.66. The number of aliphatic hydroxyl groups excluding tert-OH is 1.